The summed E-state index contributed by atoms with van der Waals surface area (Å²) in [7, 11) is 0. The minimum Gasteiger partial charge on any atom is -0.478 e. The number of aliphatic carboxylic acids is 1. The maximum Gasteiger partial charge on any atom is 0.328 e. The summed E-state index contributed by atoms with van der Waals surface area (Å²) < 4.78 is 19.8. The van der Waals surface area contributed by atoms with Crippen molar-refractivity contribution in [3.63, 3.8) is 0 Å². The number of carboxylic acid groups (broad SMARTS) is 1. The van der Waals surface area contributed by atoms with Gasteiger partial charge in [-0.05, 0) is 74.1 Å². The Morgan fingerprint density at radius 3 is 2.84 bits per heavy atom. The smallest absolute Gasteiger partial charge is 0.328 e. The number of halogens is 1. The second-order valence-corrected chi connectivity index (χ2v) is 8.51. The van der Waals surface area contributed by atoms with E-state index in [9.17, 15) is 14.3 Å². The summed E-state index contributed by atoms with van der Waals surface area (Å²) in [6.45, 7) is 5.26. The van der Waals surface area contributed by atoms with Crippen LogP contribution in [0.15, 0.2) is 48.5 Å². The lowest BCUT2D eigenvalue weighted by atomic mass is 10.0. The Labute approximate surface area is 189 Å². The number of hydrogen-bond acceptors (Lipinski definition) is 4. The van der Waals surface area contributed by atoms with Gasteiger partial charge in [0.1, 0.15) is 5.82 Å². The van der Waals surface area contributed by atoms with Crippen molar-refractivity contribution in [2.75, 3.05) is 19.7 Å². The molecular formula is C26H32FNO4. The molecule has 1 aliphatic rings. The van der Waals surface area contributed by atoms with Crippen LogP contribution in [-0.2, 0) is 16.0 Å². The molecule has 5 nitrogen and oxygen atoms in total. The van der Waals surface area contributed by atoms with Crippen LogP contribution in [0.25, 0.3) is 6.08 Å². The number of ether oxygens (including phenoxy) is 1. The molecule has 6 heteroatoms. The Hall–Kier alpha value is -2.54. The number of aryl methyl sites for hydroxylation is 1. The van der Waals surface area contributed by atoms with Gasteiger partial charge >= 0.3 is 5.97 Å². The molecule has 2 aromatic carbocycles. The largest absolute Gasteiger partial charge is 0.478 e. The number of aliphatic hydroxyl groups is 1. The summed E-state index contributed by atoms with van der Waals surface area (Å²) in [5, 5.41) is 19.5. The lowest BCUT2D eigenvalue weighted by Gasteiger charge is -2.27. The predicted molar refractivity (Wildman–Crippen MR) is 123 cm³/mol. The average Bonchev–Trinajstić information content (AvgIpc) is 3.19. The Balaban J connectivity index is 1.53. The van der Waals surface area contributed by atoms with E-state index in [4.69, 9.17) is 9.84 Å². The van der Waals surface area contributed by atoms with Crippen LogP contribution in [0.1, 0.15) is 48.1 Å². The molecule has 3 rings (SSSR count). The topological polar surface area (TPSA) is 70.0 Å². The molecule has 32 heavy (non-hydrogen) atoms. The van der Waals surface area contributed by atoms with Crippen molar-refractivity contribution in [3.8, 4) is 0 Å². The Morgan fingerprint density at radius 2 is 2.09 bits per heavy atom. The number of nitrogens with zero attached hydrogens (tertiary/aromatic N) is 1. The standard InChI is InChI=1S/C26H32FNO4/c1-18-9-10-20(15-25(18)27)14-22-7-5-13-28(22)16-23(29)17-32-19(2)24-8-4-3-6-21(24)11-12-26(30)31/h3-4,6,8-12,15,19,22-23,29H,5,7,13-14,16-17H2,1-2H3,(H,30,31)/b12-11+/t19-,22+,23+/m1/s1. The van der Waals surface area contributed by atoms with Crippen LogP contribution < -0.4 is 0 Å². The van der Waals surface area contributed by atoms with Crippen molar-refractivity contribution >= 4 is 12.0 Å². The first kappa shape index (κ1) is 24.1. The third-order valence-corrected chi connectivity index (χ3v) is 6.03. The summed E-state index contributed by atoms with van der Waals surface area (Å²) >= 11 is 0. The normalized spacial score (nSPS) is 18.8. The van der Waals surface area contributed by atoms with E-state index in [1.165, 1.54) is 0 Å². The molecule has 1 heterocycles. The number of β-amino-alcohol motifs (C(OH)–C–C–N with tert-alkyl or cyclic N) is 1. The van der Waals surface area contributed by atoms with Crippen LogP contribution in [0.2, 0.25) is 0 Å². The van der Waals surface area contributed by atoms with Crippen LogP contribution in [-0.4, -0.2) is 52.9 Å². The van der Waals surface area contributed by atoms with Crippen molar-refractivity contribution in [2.45, 2.75) is 51.4 Å². The molecule has 3 atom stereocenters. The quantitative estimate of drug-likeness (QED) is 0.536. The molecule has 1 aliphatic heterocycles. The summed E-state index contributed by atoms with van der Waals surface area (Å²) in [5.41, 5.74) is 3.29. The number of aliphatic hydroxyl groups excluding tert-OH is 1. The summed E-state index contributed by atoms with van der Waals surface area (Å²) in [6, 6.07) is 13.2. The second kappa shape index (κ2) is 11.4. The zero-order chi connectivity index (χ0) is 23.1. The summed E-state index contributed by atoms with van der Waals surface area (Å²) in [5.74, 6) is -1.18. The molecule has 0 radical (unpaired) electrons. The van der Waals surface area contributed by atoms with E-state index in [1.54, 1.807) is 19.1 Å². The highest BCUT2D eigenvalue weighted by molar-refractivity contribution is 5.85. The molecule has 0 amide bonds. The monoisotopic (exact) mass is 441 g/mol. The molecule has 1 fully saturated rings. The minimum absolute atomic E-state index is 0.173. The third-order valence-electron chi connectivity index (χ3n) is 6.03. The number of hydrogen-bond donors (Lipinski definition) is 2. The first-order chi connectivity index (χ1) is 15.3. The van der Waals surface area contributed by atoms with Gasteiger partial charge in [0, 0.05) is 18.7 Å². The lowest BCUT2D eigenvalue weighted by molar-refractivity contribution is -0.131. The number of carbonyl (C=O) groups is 1. The molecule has 0 aromatic heterocycles. The highest BCUT2D eigenvalue weighted by atomic mass is 19.1. The fourth-order valence-corrected chi connectivity index (χ4v) is 4.26. The first-order valence-electron chi connectivity index (χ1n) is 11.1. The summed E-state index contributed by atoms with van der Waals surface area (Å²) in [4.78, 5) is 13.1. The van der Waals surface area contributed by atoms with Crippen LogP contribution in [0.5, 0.6) is 0 Å². The maximum absolute atomic E-state index is 13.9. The zero-order valence-electron chi connectivity index (χ0n) is 18.7. The van der Waals surface area contributed by atoms with E-state index in [-0.39, 0.29) is 24.6 Å². The van der Waals surface area contributed by atoms with Crippen molar-refractivity contribution in [1.29, 1.82) is 0 Å². The van der Waals surface area contributed by atoms with Gasteiger partial charge in [0.05, 0.1) is 18.8 Å². The molecule has 2 N–H and O–H groups in total. The molecular weight excluding hydrogens is 409 g/mol. The minimum atomic E-state index is -1.00. The molecule has 0 spiro atoms. The van der Waals surface area contributed by atoms with Crippen molar-refractivity contribution in [3.05, 3.63) is 76.6 Å². The van der Waals surface area contributed by atoms with Gasteiger partial charge in [-0.3, -0.25) is 4.90 Å². The molecule has 0 unspecified atom stereocenters. The zero-order valence-corrected chi connectivity index (χ0v) is 18.7. The van der Waals surface area contributed by atoms with Gasteiger partial charge in [-0.2, -0.15) is 0 Å². The molecule has 0 saturated carbocycles. The number of carboxylic acids is 1. The first-order valence-corrected chi connectivity index (χ1v) is 11.1. The van der Waals surface area contributed by atoms with Gasteiger partial charge < -0.3 is 14.9 Å². The molecule has 0 bridgehead atoms. The molecule has 172 valence electrons. The van der Waals surface area contributed by atoms with Crippen LogP contribution in [0.3, 0.4) is 0 Å². The van der Waals surface area contributed by atoms with E-state index in [1.807, 2.05) is 43.3 Å². The van der Waals surface area contributed by atoms with E-state index in [0.29, 0.717) is 12.1 Å². The molecule has 2 aromatic rings. The fraction of sp³-hybridized carbons (Fsp3) is 0.423. The van der Waals surface area contributed by atoms with Gasteiger partial charge in [0.15, 0.2) is 0 Å². The van der Waals surface area contributed by atoms with E-state index < -0.39 is 12.1 Å². The van der Waals surface area contributed by atoms with E-state index in [0.717, 1.165) is 48.6 Å². The van der Waals surface area contributed by atoms with Gasteiger partial charge in [-0.15, -0.1) is 0 Å². The Kier molecular flexibility index (Phi) is 8.56. The van der Waals surface area contributed by atoms with Gasteiger partial charge in [-0.25, -0.2) is 9.18 Å². The lowest BCUT2D eigenvalue weighted by Crippen LogP contribution is -2.39. The SMILES string of the molecule is Cc1ccc(C[C@@H]2CCCN2C[C@H](O)CO[C@H](C)c2ccccc2/C=C/C(=O)O)cc1F. The molecule has 1 saturated heterocycles. The average molecular weight is 442 g/mol. The van der Waals surface area contributed by atoms with Gasteiger partial charge in [0.25, 0.3) is 0 Å². The van der Waals surface area contributed by atoms with Crippen LogP contribution in [0, 0.1) is 12.7 Å². The predicted octanol–water partition coefficient (Wildman–Crippen LogP) is 4.38. The maximum atomic E-state index is 13.9. The van der Waals surface area contributed by atoms with E-state index in [2.05, 4.69) is 4.90 Å². The highest BCUT2D eigenvalue weighted by Crippen LogP contribution is 2.24. The number of likely N-dealkylation sites (tertiary alicyclic amines) is 1. The van der Waals surface area contributed by atoms with Crippen LogP contribution >= 0.6 is 0 Å². The molecule has 0 aliphatic carbocycles. The van der Waals surface area contributed by atoms with Gasteiger partial charge in [0.2, 0.25) is 0 Å². The Morgan fingerprint density at radius 1 is 1.31 bits per heavy atom. The van der Waals surface area contributed by atoms with E-state index >= 15 is 0 Å². The third kappa shape index (κ3) is 6.73. The fourth-order valence-electron chi connectivity index (χ4n) is 4.26. The van der Waals surface area contributed by atoms with Crippen molar-refractivity contribution < 1.29 is 24.1 Å². The number of rotatable bonds is 10. The van der Waals surface area contributed by atoms with Gasteiger partial charge in [-0.1, -0.05) is 36.4 Å². The number of benzene rings is 2. The summed E-state index contributed by atoms with van der Waals surface area (Å²) in [6.07, 6.45) is 4.59. The highest BCUT2D eigenvalue weighted by Gasteiger charge is 2.27. The Bertz CT molecular complexity index is 945. The van der Waals surface area contributed by atoms with Crippen molar-refractivity contribution in [2.24, 2.45) is 0 Å². The van der Waals surface area contributed by atoms with Crippen LogP contribution in [0.4, 0.5) is 4.39 Å². The van der Waals surface area contributed by atoms with Crippen molar-refractivity contribution in [1.82, 2.24) is 4.90 Å². The second-order valence-electron chi connectivity index (χ2n) is 8.51.